The second kappa shape index (κ2) is 8.38. The zero-order chi connectivity index (χ0) is 15.1. The van der Waals surface area contributed by atoms with Crippen molar-refractivity contribution in [2.45, 2.75) is 40.2 Å². The van der Waals surface area contributed by atoms with Crippen LogP contribution in [0.5, 0.6) is 0 Å². The Bertz CT molecular complexity index is 404. The molecule has 0 fully saturated rings. The Hall–Kier alpha value is -0.930. The van der Waals surface area contributed by atoms with Gasteiger partial charge in [0.1, 0.15) is 5.82 Å². The maximum Gasteiger partial charge on any atom is 0.126 e. The Kier molecular flexibility index (Phi) is 7.17. The van der Waals surface area contributed by atoms with Gasteiger partial charge in [0.25, 0.3) is 0 Å². The molecule has 1 N–H and O–H groups in total. The number of benzene rings is 1. The fraction of sp³-hybridized carbons (Fsp3) is 0.647. The molecular formula is C17H29FN2. The average Bonchev–Trinajstić information content (AvgIpc) is 2.41. The highest BCUT2D eigenvalue weighted by molar-refractivity contribution is 5.25. The Morgan fingerprint density at radius 3 is 2.50 bits per heavy atom. The second-order valence-corrected chi connectivity index (χ2v) is 5.93. The van der Waals surface area contributed by atoms with Gasteiger partial charge in [0.05, 0.1) is 0 Å². The van der Waals surface area contributed by atoms with Gasteiger partial charge in [0.15, 0.2) is 0 Å². The molecule has 0 heterocycles. The van der Waals surface area contributed by atoms with Crippen LogP contribution in [0.4, 0.5) is 4.39 Å². The second-order valence-electron chi connectivity index (χ2n) is 5.93. The van der Waals surface area contributed by atoms with Gasteiger partial charge >= 0.3 is 0 Å². The predicted molar refractivity (Wildman–Crippen MR) is 84.5 cm³/mol. The molecule has 0 saturated carbocycles. The lowest BCUT2D eigenvalue weighted by atomic mass is 10.0. The summed E-state index contributed by atoms with van der Waals surface area (Å²) in [6.07, 6.45) is 1.000. The minimum atomic E-state index is -0.114. The van der Waals surface area contributed by atoms with E-state index in [1.165, 1.54) is 0 Å². The van der Waals surface area contributed by atoms with Crippen molar-refractivity contribution in [3.8, 4) is 0 Å². The molecule has 20 heavy (non-hydrogen) atoms. The molecule has 1 rings (SSSR count). The topological polar surface area (TPSA) is 15.3 Å². The zero-order valence-electron chi connectivity index (χ0n) is 13.5. The van der Waals surface area contributed by atoms with Crippen LogP contribution >= 0.6 is 0 Å². The van der Waals surface area contributed by atoms with Crippen molar-refractivity contribution in [1.82, 2.24) is 10.2 Å². The van der Waals surface area contributed by atoms with Crippen molar-refractivity contribution in [3.05, 3.63) is 35.1 Å². The van der Waals surface area contributed by atoms with Crippen molar-refractivity contribution in [2.24, 2.45) is 5.92 Å². The molecule has 0 spiro atoms. The van der Waals surface area contributed by atoms with E-state index >= 15 is 0 Å². The quantitative estimate of drug-likeness (QED) is 0.780. The summed E-state index contributed by atoms with van der Waals surface area (Å²) in [5.41, 5.74) is 1.75. The fourth-order valence-corrected chi connectivity index (χ4v) is 2.51. The average molecular weight is 280 g/mol. The summed E-state index contributed by atoms with van der Waals surface area (Å²) >= 11 is 0. The van der Waals surface area contributed by atoms with Gasteiger partial charge in [-0.1, -0.05) is 32.9 Å². The SMILES string of the molecule is CCN(CCC(NC)c1ccc(C)c(F)c1)CC(C)C. The number of halogens is 1. The van der Waals surface area contributed by atoms with Crippen molar-refractivity contribution in [2.75, 3.05) is 26.7 Å². The van der Waals surface area contributed by atoms with Crippen molar-refractivity contribution < 1.29 is 4.39 Å². The molecular weight excluding hydrogens is 251 g/mol. The lowest BCUT2D eigenvalue weighted by Gasteiger charge is -2.25. The number of hydrogen-bond acceptors (Lipinski definition) is 2. The molecule has 1 aromatic rings. The van der Waals surface area contributed by atoms with Crippen LogP contribution in [0.2, 0.25) is 0 Å². The first-order chi connectivity index (χ1) is 9.47. The van der Waals surface area contributed by atoms with E-state index in [1.54, 1.807) is 13.0 Å². The summed E-state index contributed by atoms with van der Waals surface area (Å²) < 4.78 is 13.7. The zero-order valence-corrected chi connectivity index (χ0v) is 13.5. The third-order valence-electron chi connectivity index (χ3n) is 3.75. The summed E-state index contributed by atoms with van der Waals surface area (Å²) in [6, 6.07) is 5.76. The molecule has 0 aliphatic heterocycles. The maximum absolute atomic E-state index is 13.7. The summed E-state index contributed by atoms with van der Waals surface area (Å²) in [7, 11) is 1.95. The van der Waals surface area contributed by atoms with Gasteiger partial charge in [-0.2, -0.15) is 0 Å². The van der Waals surface area contributed by atoms with Gasteiger partial charge in [-0.15, -0.1) is 0 Å². The largest absolute Gasteiger partial charge is 0.313 e. The number of nitrogens with one attached hydrogen (secondary N) is 1. The smallest absolute Gasteiger partial charge is 0.126 e. The molecule has 0 radical (unpaired) electrons. The van der Waals surface area contributed by atoms with E-state index < -0.39 is 0 Å². The minimum Gasteiger partial charge on any atom is -0.313 e. The lowest BCUT2D eigenvalue weighted by Crippen LogP contribution is -2.31. The van der Waals surface area contributed by atoms with Crippen LogP contribution < -0.4 is 5.32 Å². The standard InChI is InChI=1S/C17H29FN2/c1-6-20(12-13(2)3)10-9-17(19-5)15-8-7-14(4)16(18)11-15/h7-8,11,13,17,19H,6,9-10,12H2,1-5H3. The molecule has 0 aromatic heterocycles. The highest BCUT2D eigenvalue weighted by Gasteiger charge is 2.13. The lowest BCUT2D eigenvalue weighted by molar-refractivity contribution is 0.243. The third kappa shape index (κ3) is 5.22. The molecule has 0 aliphatic carbocycles. The summed E-state index contributed by atoms with van der Waals surface area (Å²) in [5.74, 6) is 0.567. The van der Waals surface area contributed by atoms with Crippen molar-refractivity contribution in [3.63, 3.8) is 0 Å². The summed E-state index contributed by atoms with van der Waals surface area (Å²) in [6.45, 7) is 11.7. The molecule has 1 unspecified atom stereocenters. The van der Waals surface area contributed by atoms with E-state index in [-0.39, 0.29) is 11.9 Å². The molecule has 1 atom stereocenters. The van der Waals surface area contributed by atoms with Crippen molar-refractivity contribution in [1.29, 1.82) is 0 Å². The van der Waals surface area contributed by atoms with Gasteiger partial charge < -0.3 is 10.2 Å². The van der Waals surface area contributed by atoms with Gasteiger partial charge in [-0.25, -0.2) is 4.39 Å². The van der Waals surface area contributed by atoms with Crippen LogP contribution in [0.25, 0.3) is 0 Å². The first-order valence-corrected chi connectivity index (χ1v) is 7.63. The van der Waals surface area contributed by atoms with Crippen LogP contribution in [0.1, 0.15) is 44.4 Å². The summed E-state index contributed by atoms with van der Waals surface area (Å²) in [4.78, 5) is 2.46. The first kappa shape index (κ1) is 17.1. The highest BCUT2D eigenvalue weighted by atomic mass is 19.1. The van der Waals surface area contributed by atoms with Crippen LogP contribution in [-0.4, -0.2) is 31.6 Å². The maximum atomic E-state index is 13.7. The monoisotopic (exact) mass is 280 g/mol. The summed E-state index contributed by atoms with van der Waals surface area (Å²) in [5, 5.41) is 3.30. The van der Waals surface area contributed by atoms with Gasteiger partial charge in [0.2, 0.25) is 0 Å². The minimum absolute atomic E-state index is 0.114. The highest BCUT2D eigenvalue weighted by Crippen LogP contribution is 2.20. The van der Waals surface area contributed by atoms with Gasteiger partial charge in [0, 0.05) is 12.6 Å². The molecule has 114 valence electrons. The number of rotatable bonds is 8. The van der Waals surface area contributed by atoms with E-state index in [9.17, 15) is 4.39 Å². The molecule has 0 saturated heterocycles. The Labute approximate surface area is 123 Å². The fourth-order valence-electron chi connectivity index (χ4n) is 2.51. The van der Waals surface area contributed by atoms with Crippen molar-refractivity contribution >= 4 is 0 Å². The van der Waals surface area contributed by atoms with Gasteiger partial charge in [-0.3, -0.25) is 0 Å². The molecule has 2 nitrogen and oxygen atoms in total. The predicted octanol–water partition coefficient (Wildman–Crippen LogP) is 3.76. The number of aryl methyl sites for hydroxylation is 1. The third-order valence-corrected chi connectivity index (χ3v) is 3.75. The normalized spacial score (nSPS) is 13.2. The molecule has 0 amide bonds. The Morgan fingerprint density at radius 2 is 2.00 bits per heavy atom. The number of nitrogens with zero attached hydrogens (tertiary/aromatic N) is 1. The van der Waals surface area contributed by atoms with E-state index in [1.807, 2.05) is 19.2 Å². The molecule has 3 heteroatoms. The van der Waals surface area contributed by atoms with Crippen LogP contribution in [0.3, 0.4) is 0 Å². The Balaban J connectivity index is 2.64. The molecule has 0 aliphatic rings. The first-order valence-electron chi connectivity index (χ1n) is 7.63. The van der Waals surface area contributed by atoms with E-state index in [0.29, 0.717) is 11.5 Å². The van der Waals surface area contributed by atoms with Crippen LogP contribution in [0, 0.1) is 18.7 Å². The molecule has 1 aromatic carbocycles. The van der Waals surface area contributed by atoms with Crippen LogP contribution in [-0.2, 0) is 0 Å². The van der Waals surface area contributed by atoms with Crippen LogP contribution in [0.15, 0.2) is 18.2 Å². The van der Waals surface area contributed by atoms with E-state index in [2.05, 4.69) is 31.0 Å². The number of hydrogen-bond donors (Lipinski definition) is 1. The molecule has 0 bridgehead atoms. The van der Waals surface area contributed by atoms with E-state index in [4.69, 9.17) is 0 Å². The van der Waals surface area contributed by atoms with E-state index in [0.717, 1.165) is 31.6 Å². The van der Waals surface area contributed by atoms with Gasteiger partial charge in [-0.05, 0) is 56.6 Å². The Morgan fingerprint density at radius 1 is 1.30 bits per heavy atom.